The number of likely N-dealkylation sites (tertiary alicyclic amines) is 1. The molecular weight excluding hydrogens is 506 g/mol. The fourth-order valence-electron chi connectivity index (χ4n) is 5.66. The van der Waals surface area contributed by atoms with Crippen molar-refractivity contribution < 1.29 is 38.8 Å². The number of aryl methyl sites for hydroxylation is 2. The molecule has 3 N–H and O–H groups in total. The summed E-state index contributed by atoms with van der Waals surface area (Å²) in [6, 6.07) is 3.12. The third kappa shape index (κ3) is 6.71. The van der Waals surface area contributed by atoms with Gasteiger partial charge < -0.3 is 34.1 Å². The maximum Gasteiger partial charge on any atom is 0.308 e. The molecule has 11 heteroatoms. The summed E-state index contributed by atoms with van der Waals surface area (Å²) in [5.74, 6) is -0.0975. The minimum absolute atomic E-state index is 0.00171. The number of carbonyl (C=O) groups excluding carboxylic acids is 1. The Hall–Kier alpha value is -3.15. The highest BCUT2D eigenvalue weighted by Gasteiger charge is 2.47. The number of aliphatic hydroxyl groups excluding tert-OH is 2. The van der Waals surface area contributed by atoms with Crippen molar-refractivity contribution in [3.8, 4) is 11.5 Å². The molecule has 1 fully saturated rings. The maximum atomic E-state index is 13.5. The van der Waals surface area contributed by atoms with Crippen LogP contribution in [0.4, 0.5) is 0 Å². The molecule has 214 valence electrons. The Morgan fingerprint density at radius 2 is 1.97 bits per heavy atom. The molecule has 39 heavy (non-hydrogen) atoms. The monoisotopic (exact) mass is 545 g/mol. The van der Waals surface area contributed by atoms with Gasteiger partial charge >= 0.3 is 5.97 Å². The van der Waals surface area contributed by atoms with Crippen LogP contribution < -0.4 is 9.47 Å². The van der Waals surface area contributed by atoms with E-state index >= 15 is 0 Å². The molecule has 1 amide bonds. The number of fused-ring (bicyclic) bond motifs is 1. The van der Waals surface area contributed by atoms with Gasteiger partial charge in [-0.25, -0.2) is 4.98 Å². The summed E-state index contributed by atoms with van der Waals surface area (Å²) in [4.78, 5) is 34.2. The van der Waals surface area contributed by atoms with Crippen molar-refractivity contribution in [2.45, 2.75) is 64.5 Å². The number of oxazole rings is 1. The van der Waals surface area contributed by atoms with Crippen LogP contribution >= 0.6 is 0 Å². The minimum Gasteiger partial charge on any atom is -0.481 e. The smallest absolute Gasteiger partial charge is 0.308 e. The zero-order valence-electron chi connectivity index (χ0n) is 22.7. The number of aromatic nitrogens is 1. The van der Waals surface area contributed by atoms with Crippen molar-refractivity contribution in [3.63, 3.8) is 0 Å². The van der Waals surface area contributed by atoms with Gasteiger partial charge in [-0.05, 0) is 43.9 Å². The first-order valence-electron chi connectivity index (χ1n) is 13.7. The van der Waals surface area contributed by atoms with E-state index in [4.69, 9.17) is 13.9 Å². The first-order valence-corrected chi connectivity index (χ1v) is 13.7. The lowest BCUT2D eigenvalue weighted by Gasteiger charge is -2.29. The van der Waals surface area contributed by atoms with E-state index in [9.17, 15) is 24.9 Å². The van der Waals surface area contributed by atoms with Gasteiger partial charge in [0.05, 0.1) is 25.3 Å². The van der Waals surface area contributed by atoms with Gasteiger partial charge in [-0.1, -0.05) is 13.3 Å². The van der Waals surface area contributed by atoms with E-state index in [2.05, 4.69) is 11.9 Å². The van der Waals surface area contributed by atoms with Crippen molar-refractivity contribution in [2.24, 2.45) is 5.92 Å². The highest BCUT2D eigenvalue weighted by Crippen LogP contribution is 2.44. The molecule has 11 nitrogen and oxygen atoms in total. The Morgan fingerprint density at radius 1 is 1.18 bits per heavy atom. The molecule has 4 rings (SSSR count). The molecule has 0 aliphatic carbocycles. The van der Waals surface area contributed by atoms with E-state index in [1.54, 1.807) is 23.2 Å². The average Bonchev–Trinajstić information content (AvgIpc) is 3.65. The second-order valence-corrected chi connectivity index (χ2v) is 10.3. The van der Waals surface area contributed by atoms with Crippen molar-refractivity contribution in [3.05, 3.63) is 41.1 Å². The van der Waals surface area contributed by atoms with Crippen molar-refractivity contribution >= 4 is 11.9 Å². The highest BCUT2D eigenvalue weighted by atomic mass is 16.7. The third-order valence-corrected chi connectivity index (χ3v) is 7.59. The highest BCUT2D eigenvalue weighted by molar-refractivity contribution is 5.79. The number of aliphatic carboxylic acids is 1. The van der Waals surface area contributed by atoms with Crippen LogP contribution in [0.2, 0.25) is 0 Å². The number of rotatable bonds is 14. The van der Waals surface area contributed by atoms with Crippen molar-refractivity contribution in [2.75, 3.05) is 39.6 Å². The van der Waals surface area contributed by atoms with E-state index in [0.29, 0.717) is 67.6 Å². The van der Waals surface area contributed by atoms with Gasteiger partial charge in [0.2, 0.25) is 12.7 Å². The summed E-state index contributed by atoms with van der Waals surface area (Å²) in [5.41, 5.74) is 1.27. The van der Waals surface area contributed by atoms with Gasteiger partial charge in [0, 0.05) is 50.2 Å². The lowest BCUT2D eigenvalue weighted by molar-refractivity contribution is -0.144. The third-order valence-electron chi connectivity index (χ3n) is 7.59. The summed E-state index contributed by atoms with van der Waals surface area (Å²) >= 11 is 0. The van der Waals surface area contributed by atoms with Gasteiger partial charge in [0.15, 0.2) is 17.4 Å². The average molecular weight is 546 g/mol. The summed E-state index contributed by atoms with van der Waals surface area (Å²) in [7, 11) is 0. The fraction of sp³-hybridized carbons (Fsp3) is 0.607. The van der Waals surface area contributed by atoms with E-state index in [1.807, 2.05) is 11.8 Å². The van der Waals surface area contributed by atoms with Crippen LogP contribution in [-0.2, 0) is 22.6 Å². The predicted molar refractivity (Wildman–Crippen MR) is 140 cm³/mol. The Labute approximate surface area is 228 Å². The number of benzene rings is 1. The van der Waals surface area contributed by atoms with E-state index in [0.717, 1.165) is 18.4 Å². The molecule has 2 aliphatic heterocycles. The van der Waals surface area contributed by atoms with E-state index in [1.165, 1.54) is 0 Å². The Kier molecular flexibility index (Phi) is 9.82. The van der Waals surface area contributed by atoms with Gasteiger partial charge in [0.1, 0.15) is 5.76 Å². The van der Waals surface area contributed by atoms with Crippen LogP contribution in [-0.4, -0.2) is 87.6 Å². The topological polar surface area (TPSA) is 146 Å². The van der Waals surface area contributed by atoms with Gasteiger partial charge in [-0.15, -0.1) is 0 Å². The molecule has 3 heterocycles. The van der Waals surface area contributed by atoms with Crippen LogP contribution in [0.25, 0.3) is 0 Å². The number of hydrogen-bond acceptors (Lipinski definition) is 9. The zero-order chi connectivity index (χ0) is 27.9. The van der Waals surface area contributed by atoms with E-state index in [-0.39, 0.29) is 32.5 Å². The molecule has 0 saturated carbocycles. The lowest BCUT2D eigenvalue weighted by atomic mass is 9.83. The van der Waals surface area contributed by atoms with Gasteiger partial charge in [-0.2, -0.15) is 0 Å². The SMILES string of the molecule is CCCCN(CCCO)C(=O)CN1C[C@H](c2cc(CO)c3c(c2)OCO3)[C@@H](C(=O)O)[C@@H]1CCc1ncc(C)o1. The number of unbranched alkanes of at least 4 members (excludes halogenated alkanes) is 1. The van der Waals surface area contributed by atoms with Crippen LogP contribution in [0.15, 0.2) is 22.7 Å². The van der Waals surface area contributed by atoms with Crippen LogP contribution in [0.1, 0.15) is 61.3 Å². The predicted octanol–water partition coefficient (Wildman–Crippen LogP) is 2.32. The quantitative estimate of drug-likeness (QED) is 0.323. The zero-order valence-corrected chi connectivity index (χ0v) is 22.7. The number of carboxylic acid groups (broad SMARTS) is 1. The Balaban J connectivity index is 1.63. The molecule has 0 spiro atoms. The largest absolute Gasteiger partial charge is 0.481 e. The summed E-state index contributed by atoms with van der Waals surface area (Å²) in [6.45, 7) is 5.11. The Morgan fingerprint density at radius 3 is 2.64 bits per heavy atom. The molecule has 2 aromatic rings. The molecule has 0 unspecified atom stereocenters. The van der Waals surface area contributed by atoms with Crippen molar-refractivity contribution in [1.29, 1.82) is 0 Å². The van der Waals surface area contributed by atoms with Crippen molar-refractivity contribution in [1.82, 2.24) is 14.8 Å². The number of ether oxygens (including phenoxy) is 2. The maximum absolute atomic E-state index is 13.5. The van der Waals surface area contributed by atoms with Gasteiger partial charge in [0.25, 0.3) is 0 Å². The van der Waals surface area contributed by atoms with Crippen LogP contribution in [0.3, 0.4) is 0 Å². The normalized spacial score (nSPS) is 20.5. The number of hydrogen-bond donors (Lipinski definition) is 3. The number of carboxylic acids is 1. The number of nitrogens with zero attached hydrogens (tertiary/aromatic N) is 3. The number of amides is 1. The summed E-state index contributed by atoms with van der Waals surface area (Å²) in [6.07, 6.45) is 4.80. The van der Waals surface area contributed by atoms with Crippen LogP contribution in [0, 0.1) is 12.8 Å². The molecule has 3 atom stereocenters. The molecular formula is C28H39N3O8. The molecule has 0 radical (unpaired) electrons. The molecule has 0 bridgehead atoms. The first kappa shape index (κ1) is 28.8. The van der Waals surface area contributed by atoms with Crippen LogP contribution in [0.5, 0.6) is 11.5 Å². The fourth-order valence-corrected chi connectivity index (χ4v) is 5.66. The summed E-state index contributed by atoms with van der Waals surface area (Å²) < 4.78 is 16.7. The molecule has 1 aromatic carbocycles. The molecule has 1 aromatic heterocycles. The Bertz CT molecular complexity index is 1130. The number of carbonyl (C=O) groups is 2. The first-order chi connectivity index (χ1) is 18.9. The standard InChI is InChI=1S/C28H39N3O8/c1-3-4-8-30(9-5-10-32)25(34)15-31-14-21(19-11-20(16-33)27-23(12-19)37-17-38-27)26(28(35)36)22(31)6-7-24-29-13-18(2)39-24/h11-13,21-22,26,32-33H,3-10,14-17H2,1-2H3,(H,35,36)/t21-,22+,26-/m1/s1. The van der Waals surface area contributed by atoms with Gasteiger partial charge in [-0.3, -0.25) is 14.5 Å². The van der Waals surface area contributed by atoms with E-state index < -0.39 is 23.8 Å². The second kappa shape index (κ2) is 13.3. The number of aliphatic hydroxyl groups is 2. The summed E-state index contributed by atoms with van der Waals surface area (Å²) in [5, 5.41) is 29.7. The molecule has 1 saturated heterocycles. The lowest BCUT2D eigenvalue weighted by Crippen LogP contribution is -2.45. The second-order valence-electron chi connectivity index (χ2n) is 10.3. The minimum atomic E-state index is -0.949. The molecule has 2 aliphatic rings.